The van der Waals surface area contributed by atoms with Gasteiger partial charge in [0.25, 0.3) is 0 Å². The number of rotatable bonds is 5. The van der Waals surface area contributed by atoms with Gasteiger partial charge in [0, 0.05) is 0 Å². The maximum Gasteiger partial charge on any atom is 0.313 e. The van der Waals surface area contributed by atoms with Crippen LogP contribution >= 0.6 is 0 Å². The van der Waals surface area contributed by atoms with E-state index in [1.807, 2.05) is 36.4 Å². The first kappa shape index (κ1) is 20.5. The van der Waals surface area contributed by atoms with Crippen LogP contribution in [-0.4, -0.2) is 70.8 Å². The Balaban J connectivity index is 1.65. The highest BCUT2D eigenvalue weighted by molar-refractivity contribution is 5.86. The summed E-state index contributed by atoms with van der Waals surface area (Å²) in [6, 6.07) is 11.2. The number of ether oxygens (including phenoxy) is 3. The number of carbonyl (C=O) groups is 1. The van der Waals surface area contributed by atoms with Gasteiger partial charge in [0.2, 0.25) is 0 Å². The number of carbonyl (C=O) groups excluding carboxylic acids is 1. The molecular weight excluding hydrogens is 368 g/mol. The van der Waals surface area contributed by atoms with E-state index >= 15 is 0 Å². The molecule has 152 valence electrons. The van der Waals surface area contributed by atoms with Crippen LogP contribution in [0.15, 0.2) is 36.4 Å². The monoisotopic (exact) mass is 392 g/mol. The number of aliphatic hydroxyl groups is 4. The van der Waals surface area contributed by atoms with Crippen LogP contribution in [0.4, 0.5) is 0 Å². The van der Waals surface area contributed by atoms with Crippen LogP contribution in [0.5, 0.6) is 5.75 Å². The van der Waals surface area contributed by atoms with Crippen LogP contribution in [0.25, 0.3) is 10.8 Å². The maximum atomic E-state index is 12.4. The number of fused-ring (bicyclic) bond motifs is 1. The quantitative estimate of drug-likeness (QED) is 0.535. The zero-order chi connectivity index (χ0) is 20.4. The molecule has 0 bridgehead atoms. The van der Waals surface area contributed by atoms with Crippen molar-refractivity contribution < 1.29 is 39.4 Å². The fraction of sp³-hybridized carbons (Fsp3) is 0.450. The molecule has 1 heterocycles. The lowest BCUT2D eigenvalue weighted by molar-refractivity contribution is -0.287. The lowest BCUT2D eigenvalue weighted by Crippen LogP contribution is -2.58. The summed E-state index contributed by atoms with van der Waals surface area (Å²) in [7, 11) is 1.60. The van der Waals surface area contributed by atoms with Crippen molar-refractivity contribution in [2.24, 2.45) is 0 Å². The van der Waals surface area contributed by atoms with E-state index < -0.39 is 42.6 Å². The summed E-state index contributed by atoms with van der Waals surface area (Å²) in [5, 5.41) is 40.5. The minimum absolute atomic E-state index is 0.365. The summed E-state index contributed by atoms with van der Waals surface area (Å²) in [5.41, 5.74) is 0.753. The number of hydrogen-bond donors (Lipinski definition) is 4. The van der Waals surface area contributed by atoms with Crippen molar-refractivity contribution in [3.05, 3.63) is 42.0 Å². The topological polar surface area (TPSA) is 126 Å². The first-order valence-electron chi connectivity index (χ1n) is 8.94. The van der Waals surface area contributed by atoms with Gasteiger partial charge in [-0.15, -0.1) is 0 Å². The first-order valence-corrected chi connectivity index (χ1v) is 8.94. The molecule has 0 amide bonds. The van der Waals surface area contributed by atoms with Crippen molar-refractivity contribution in [2.45, 2.75) is 43.5 Å². The van der Waals surface area contributed by atoms with Gasteiger partial charge >= 0.3 is 5.97 Å². The Morgan fingerprint density at radius 3 is 2.43 bits per heavy atom. The number of esters is 1. The van der Waals surface area contributed by atoms with Gasteiger partial charge < -0.3 is 34.6 Å². The number of benzene rings is 2. The number of methoxy groups -OCH3 is 1. The van der Waals surface area contributed by atoms with Gasteiger partial charge in [0.05, 0.1) is 13.0 Å². The molecule has 2 aromatic carbocycles. The normalized spacial score (nSPS) is 28.7. The minimum Gasteiger partial charge on any atom is -0.497 e. The molecule has 2 aromatic rings. The molecule has 0 spiro atoms. The van der Waals surface area contributed by atoms with Gasteiger partial charge in [0.1, 0.15) is 36.8 Å². The average molecular weight is 392 g/mol. The molecule has 0 saturated carbocycles. The molecule has 1 fully saturated rings. The number of aliphatic hydroxyl groups excluding tert-OH is 4. The van der Waals surface area contributed by atoms with Crippen molar-refractivity contribution in [1.29, 1.82) is 0 Å². The molecule has 6 atom stereocenters. The van der Waals surface area contributed by atoms with Crippen LogP contribution < -0.4 is 4.74 Å². The molecule has 28 heavy (non-hydrogen) atoms. The summed E-state index contributed by atoms with van der Waals surface area (Å²) in [5.74, 6) is -0.375. The van der Waals surface area contributed by atoms with Crippen molar-refractivity contribution in [2.75, 3.05) is 13.7 Å². The van der Waals surface area contributed by atoms with E-state index in [1.54, 1.807) is 14.0 Å². The molecule has 8 nitrogen and oxygen atoms in total. The number of hydrogen-bond acceptors (Lipinski definition) is 8. The molecule has 0 aromatic heterocycles. The minimum atomic E-state index is -1.67. The van der Waals surface area contributed by atoms with Gasteiger partial charge in [-0.2, -0.15) is 0 Å². The van der Waals surface area contributed by atoms with Crippen molar-refractivity contribution in [1.82, 2.24) is 0 Å². The predicted octanol–water partition coefficient (Wildman–Crippen LogP) is 0.295. The second-order valence-corrected chi connectivity index (χ2v) is 6.86. The summed E-state index contributed by atoms with van der Waals surface area (Å²) in [6.45, 7) is 1.33. The van der Waals surface area contributed by atoms with E-state index in [4.69, 9.17) is 14.2 Å². The second kappa shape index (κ2) is 8.42. The van der Waals surface area contributed by atoms with Crippen molar-refractivity contribution in [3.63, 3.8) is 0 Å². The molecule has 4 N–H and O–H groups in total. The SMILES string of the molecule is COc1ccc2cc([C@H](C)C(=O)OC[C@H]3O[C@H](O)[C@H](O)[C@@H](O)[C@@H]3O)ccc2c1. The van der Waals surface area contributed by atoms with Crippen LogP contribution in [0.3, 0.4) is 0 Å². The molecule has 1 aliphatic rings. The van der Waals surface area contributed by atoms with E-state index in [-0.39, 0.29) is 6.61 Å². The molecule has 1 aliphatic heterocycles. The zero-order valence-electron chi connectivity index (χ0n) is 15.6. The average Bonchev–Trinajstić information content (AvgIpc) is 2.72. The highest BCUT2D eigenvalue weighted by Gasteiger charge is 2.43. The summed E-state index contributed by atoms with van der Waals surface area (Å²) < 4.78 is 15.4. The highest BCUT2D eigenvalue weighted by Crippen LogP contribution is 2.26. The van der Waals surface area contributed by atoms with E-state index in [2.05, 4.69) is 0 Å². The lowest BCUT2D eigenvalue weighted by atomic mass is 9.97. The van der Waals surface area contributed by atoms with Gasteiger partial charge in [-0.25, -0.2) is 0 Å². The third-order valence-electron chi connectivity index (χ3n) is 5.00. The third kappa shape index (κ3) is 4.11. The van der Waals surface area contributed by atoms with Crippen LogP contribution in [0.1, 0.15) is 18.4 Å². The van der Waals surface area contributed by atoms with E-state index in [0.717, 1.165) is 22.1 Å². The summed E-state index contributed by atoms with van der Waals surface area (Å²) in [4.78, 5) is 12.4. The Hall–Kier alpha value is -2.23. The van der Waals surface area contributed by atoms with Gasteiger partial charge in [-0.05, 0) is 35.4 Å². The van der Waals surface area contributed by atoms with Gasteiger partial charge in [-0.3, -0.25) is 4.79 Å². The van der Waals surface area contributed by atoms with Crippen molar-refractivity contribution >= 4 is 16.7 Å². The van der Waals surface area contributed by atoms with E-state index in [9.17, 15) is 25.2 Å². The molecule has 0 unspecified atom stereocenters. The van der Waals surface area contributed by atoms with E-state index in [0.29, 0.717) is 0 Å². The maximum absolute atomic E-state index is 12.4. The zero-order valence-corrected chi connectivity index (χ0v) is 15.6. The van der Waals surface area contributed by atoms with Crippen LogP contribution in [-0.2, 0) is 14.3 Å². The van der Waals surface area contributed by atoms with Crippen LogP contribution in [0, 0.1) is 0 Å². The van der Waals surface area contributed by atoms with Crippen molar-refractivity contribution in [3.8, 4) is 5.75 Å². The van der Waals surface area contributed by atoms with E-state index in [1.165, 1.54) is 0 Å². The molecular formula is C20H24O8. The summed E-state index contributed by atoms with van der Waals surface area (Å²) in [6.07, 6.45) is -7.53. The highest BCUT2D eigenvalue weighted by atomic mass is 16.6. The lowest BCUT2D eigenvalue weighted by Gasteiger charge is -2.38. The summed E-state index contributed by atoms with van der Waals surface area (Å²) >= 11 is 0. The van der Waals surface area contributed by atoms with Crippen LogP contribution in [0.2, 0.25) is 0 Å². The second-order valence-electron chi connectivity index (χ2n) is 6.86. The van der Waals surface area contributed by atoms with Gasteiger partial charge in [-0.1, -0.05) is 24.3 Å². The Bertz CT molecular complexity index is 838. The Kier molecular flexibility index (Phi) is 6.17. The fourth-order valence-electron chi connectivity index (χ4n) is 3.13. The molecule has 0 aliphatic carbocycles. The van der Waals surface area contributed by atoms with Gasteiger partial charge in [0.15, 0.2) is 6.29 Å². The molecule has 8 heteroatoms. The first-order chi connectivity index (χ1) is 13.3. The fourth-order valence-corrected chi connectivity index (χ4v) is 3.13. The largest absolute Gasteiger partial charge is 0.497 e. The molecule has 3 rings (SSSR count). The predicted molar refractivity (Wildman–Crippen MR) is 98.8 cm³/mol. The molecule has 0 radical (unpaired) electrons. The standard InChI is InChI=1S/C20H24O8/c1-10(11-3-4-13-8-14(26-2)6-5-12(13)7-11)19(24)27-9-15-16(21)17(22)18(23)20(25)28-15/h3-8,10,15-18,20-23,25H,9H2,1-2H3/t10-,15+,16+,17-,18+,20-/m0/s1. The smallest absolute Gasteiger partial charge is 0.313 e. The Morgan fingerprint density at radius 2 is 1.71 bits per heavy atom. The third-order valence-corrected chi connectivity index (χ3v) is 5.00. The molecule has 1 saturated heterocycles. The Labute approximate surface area is 161 Å². The Morgan fingerprint density at radius 1 is 1.04 bits per heavy atom.